The van der Waals surface area contributed by atoms with Crippen molar-refractivity contribution in [3.63, 3.8) is 0 Å². The minimum atomic E-state index is -3.64. The van der Waals surface area contributed by atoms with Gasteiger partial charge in [-0.3, -0.25) is 4.79 Å². The van der Waals surface area contributed by atoms with Crippen molar-refractivity contribution in [1.29, 1.82) is 0 Å². The number of hydrogen-bond acceptors (Lipinski definition) is 5. The average molecular weight is 377 g/mol. The molecule has 1 aromatic carbocycles. The van der Waals surface area contributed by atoms with Crippen molar-refractivity contribution in [2.75, 3.05) is 5.75 Å². The number of carbonyl (C=O) groups excluding carboxylic acids is 1. The monoisotopic (exact) mass is 376 g/mol. The van der Waals surface area contributed by atoms with Gasteiger partial charge in [0.15, 0.2) is 9.84 Å². The molecule has 1 amide bonds. The molecule has 0 unspecified atom stereocenters. The van der Waals surface area contributed by atoms with E-state index < -0.39 is 21.5 Å². The fraction of sp³-hybridized carbons (Fsp3) is 0.286. The Balaban J connectivity index is 1.92. The first-order chi connectivity index (χ1) is 10.8. The van der Waals surface area contributed by atoms with E-state index in [1.165, 1.54) is 6.26 Å². The summed E-state index contributed by atoms with van der Waals surface area (Å²) in [5.74, 6) is -1.59. The maximum Gasteiger partial charge on any atom is 0.235 e. The number of sulfone groups is 1. The number of aromatic nitrogens is 1. The molecule has 23 heavy (non-hydrogen) atoms. The predicted octanol–water partition coefficient (Wildman–Crippen LogP) is 2.52. The highest BCUT2D eigenvalue weighted by Crippen LogP contribution is 2.20. The second kappa shape index (κ2) is 7.33. The van der Waals surface area contributed by atoms with Crippen LogP contribution in [0, 0.1) is 6.92 Å². The Morgan fingerprint density at radius 2 is 2.09 bits per heavy atom. The lowest BCUT2D eigenvalue weighted by Crippen LogP contribution is -2.30. The summed E-state index contributed by atoms with van der Waals surface area (Å²) in [6.07, 6.45) is 1.35. The zero-order chi connectivity index (χ0) is 17.0. The van der Waals surface area contributed by atoms with Gasteiger partial charge in [0.25, 0.3) is 0 Å². The topological polar surface area (TPSA) is 89.3 Å². The Kier molecular flexibility index (Phi) is 5.67. The number of carbonyl (C=O) groups is 1. The third-order valence-corrected chi connectivity index (χ3v) is 5.05. The highest BCUT2D eigenvalue weighted by molar-refractivity contribution is 7.91. The molecule has 2 aromatic rings. The highest BCUT2D eigenvalue weighted by atomic mass is 35.5. The summed E-state index contributed by atoms with van der Waals surface area (Å²) in [4.78, 5) is 11.8. The van der Waals surface area contributed by atoms with E-state index >= 15 is 0 Å². The molecule has 2 rings (SSSR count). The standard InChI is InChI=1S/C14H14Cl2N2O4S/c1-9-6-22-18-13(9)7-23(20,21)8-14(19)17-5-10-2-3-11(15)4-12(10)16/h2-4,6H,5,7-8H2,1H3,(H,17,19). The van der Waals surface area contributed by atoms with Crippen LogP contribution in [0.4, 0.5) is 0 Å². The van der Waals surface area contributed by atoms with Crippen LogP contribution >= 0.6 is 23.2 Å². The van der Waals surface area contributed by atoms with Gasteiger partial charge >= 0.3 is 0 Å². The average Bonchev–Trinajstić information content (AvgIpc) is 2.82. The van der Waals surface area contributed by atoms with Crippen LogP contribution in [0.1, 0.15) is 16.8 Å². The normalized spacial score (nSPS) is 11.4. The van der Waals surface area contributed by atoms with Gasteiger partial charge in [0, 0.05) is 22.2 Å². The van der Waals surface area contributed by atoms with Crippen LogP contribution < -0.4 is 5.32 Å². The van der Waals surface area contributed by atoms with E-state index in [2.05, 4.69) is 15.0 Å². The molecule has 124 valence electrons. The van der Waals surface area contributed by atoms with E-state index in [-0.39, 0.29) is 12.3 Å². The SMILES string of the molecule is Cc1conc1CS(=O)(=O)CC(=O)NCc1ccc(Cl)cc1Cl. The summed E-state index contributed by atoms with van der Waals surface area (Å²) in [6, 6.07) is 4.85. The van der Waals surface area contributed by atoms with Crippen molar-refractivity contribution < 1.29 is 17.7 Å². The van der Waals surface area contributed by atoms with E-state index in [4.69, 9.17) is 23.2 Å². The molecule has 0 bridgehead atoms. The maximum absolute atomic E-state index is 12.0. The molecule has 6 nitrogen and oxygen atoms in total. The lowest BCUT2D eigenvalue weighted by Gasteiger charge is -2.08. The van der Waals surface area contributed by atoms with Gasteiger partial charge in [-0.05, 0) is 24.6 Å². The lowest BCUT2D eigenvalue weighted by atomic mass is 10.2. The molecular weight excluding hydrogens is 363 g/mol. The van der Waals surface area contributed by atoms with Crippen molar-refractivity contribution in [3.05, 3.63) is 51.3 Å². The first-order valence-electron chi connectivity index (χ1n) is 6.58. The summed E-state index contributed by atoms with van der Waals surface area (Å²) < 4.78 is 28.7. The third-order valence-electron chi connectivity index (χ3n) is 3.05. The molecule has 0 aliphatic carbocycles. The first kappa shape index (κ1) is 17.8. The van der Waals surface area contributed by atoms with Crippen molar-refractivity contribution in [1.82, 2.24) is 10.5 Å². The van der Waals surface area contributed by atoms with Crippen LogP contribution in [0.2, 0.25) is 10.0 Å². The van der Waals surface area contributed by atoms with Gasteiger partial charge < -0.3 is 9.84 Å². The molecule has 0 aliphatic rings. The number of nitrogens with one attached hydrogen (secondary N) is 1. The lowest BCUT2D eigenvalue weighted by molar-refractivity contribution is -0.118. The first-order valence-corrected chi connectivity index (χ1v) is 9.15. The van der Waals surface area contributed by atoms with Crippen LogP contribution in [-0.4, -0.2) is 25.2 Å². The van der Waals surface area contributed by atoms with Crippen molar-refractivity contribution in [2.45, 2.75) is 19.2 Å². The minimum Gasteiger partial charge on any atom is -0.364 e. The largest absolute Gasteiger partial charge is 0.364 e. The number of nitrogens with zero attached hydrogens (tertiary/aromatic N) is 1. The summed E-state index contributed by atoms with van der Waals surface area (Å²) in [5.41, 5.74) is 1.58. The number of amides is 1. The Morgan fingerprint density at radius 3 is 2.70 bits per heavy atom. The molecule has 0 saturated heterocycles. The summed E-state index contributed by atoms with van der Waals surface area (Å²) in [5, 5.41) is 7.01. The van der Waals surface area contributed by atoms with Gasteiger partial charge in [-0.1, -0.05) is 34.4 Å². The maximum atomic E-state index is 12.0. The number of benzene rings is 1. The smallest absolute Gasteiger partial charge is 0.235 e. The minimum absolute atomic E-state index is 0.118. The van der Waals surface area contributed by atoms with Crippen LogP contribution in [-0.2, 0) is 26.9 Å². The molecule has 0 radical (unpaired) electrons. The van der Waals surface area contributed by atoms with Crippen LogP contribution in [0.25, 0.3) is 0 Å². The zero-order valence-corrected chi connectivity index (χ0v) is 14.5. The van der Waals surface area contributed by atoms with E-state index in [0.717, 1.165) is 0 Å². The molecule has 0 fully saturated rings. The summed E-state index contributed by atoms with van der Waals surface area (Å²) in [6.45, 7) is 1.80. The van der Waals surface area contributed by atoms with Gasteiger partial charge in [0.05, 0.1) is 5.75 Å². The van der Waals surface area contributed by atoms with Crippen molar-refractivity contribution >= 4 is 38.9 Å². The molecule has 0 spiro atoms. The highest BCUT2D eigenvalue weighted by Gasteiger charge is 2.20. The van der Waals surface area contributed by atoms with Gasteiger partial charge in [0.1, 0.15) is 17.7 Å². The molecule has 1 N–H and O–H groups in total. The molecule has 0 atom stereocenters. The molecule has 1 heterocycles. The Hall–Kier alpha value is -1.57. The summed E-state index contributed by atoms with van der Waals surface area (Å²) in [7, 11) is -3.64. The van der Waals surface area contributed by atoms with E-state index in [9.17, 15) is 13.2 Å². The predicted molar refractivity (Wildman–Crippen MR) is 87.0 cm³/mol. The summed E-state index contributed by atoms with van der Waals surface area (Å²) >= 11 is 11.8. The molecule has 0 saturated carbocycles. The Morgan fingerprint density at radius 1 is 1.35 bits per heavy atom. The van der Waals surface area contributed by atoms with Crippen molar-refractivity contribution in [2.24, 2.45) is 0 Å². The fourth-order valence-electron chi connectivity index (χ4n) is 1.82. The van der Waals surface area contributed by atoms with Gasteiger partial charge in [-0.2, -0.15) is 0 Å². The van der Waals surface area contributed by atoms with Gasteiger partial charge in [-0.15, -0.1) is 0 Å². The number of rotatable bonds is 6. The number of hydrogen-bond donors (Lipinski definition) is 1. The van der Waals surface area contributed by atoms with Crippen LogP contribution in [0.5, 0.6) is 0 Å². The number of halogens is 2. The van der Waals surface area contributed by atoms with Crippen LogP contribution in [0.15, 0.2) is 29.0 Å². The fourth-order valence-corrected chi connectivity index (χ4v) is 3.59. The zero-order valence-electron chi connectivity index (χ0n) is 12.2. The Labute approximate surface area is 143 Å². The van der Waals surface area contributed by atoms with Gasteiger partial charge in [0.2, 0.25) is 5.91 Å². The second-order valence-corrected chi connectivity index (χ2v) is 7.90. The third kappa shape index (κ3) is 5.23. The molecular formula is C14H14Cl2N2O4S. The van der Waals surface area contributed by atoms with Gasteiger partial charge in [-0.25, -0.2) is 8.42 Å². The second-order valence-electron chi connectivity index (χ2n) is 4.99. The van der Waals surface area contributed by atoms with Crippen molar-refractivity contribution in [3.8, 4) is 0 Å². The van der Waals surface area contributed by atoms with E-state index in [1.54, 1.807) is 25.1 Å². The molecule has 0 aliphatic heterocycles. The van der Waals surface area contributed by atoms with E-state index in [0.29, 0.717) is 26.9 Å². The Bertz CT molecular complexity index is 818. The van der Waals surface area contributed by atoms with E-state index in [1.807, 2.05) is 0 Å². The number of aryl methyl sites for hydroxylation is 1. The van der Waals surface area contributed by atoms with Crippen LogP contribution in [0.3, 0.4) is 0 Å². The molecule has 1 aromatic heterocycles. The molecule has 9 heteroatoms. The quantitative estimate of drug-likeness (QED) is 0.836.